The Morgan fingerprint density at radius 3 is 2.52 bits per heavy atom. The van der Waals surface area contributed by atoms with Gasteiger partial charge in [-0.3, -0.25) is 9.59 Å². The fourth-order valence-corrected chi connectivity index (χ4v) is 2.22. The van der Waals surface area contributed by atoms with Gasteiger partial charge < -0.3 is 9.64 Å². The second-order valence-electron chi connectivity index (χ2n) is 5.17. The molecule has 0 heterocycles. The number of rotatable bonds is 5. The number of benzene rings is 2. The molecule has 0 N–H and O–H groups in total. The van der Waals surface area contributed by atoms with Crippen molar-refractivity contribution in [2.75, 3.05) is 13.7 Å². The Hall–Kier alpha value is -2.69. The van der Waals surface area contributed by atoms with Crippen LogP contribution in [-0.4, -0.2) is 30.4 Å². The lowest BCUT2D eigenvalue weighted by molar-refractivity contribution is -0.141. The van der Waals surface area contributed by atoms with Crippen LogP contribution in [0, 0.1) is 12.7 Å². The molecule has 0 saturated heterocycles. The van der Waals surface area contributed by atoms with Gasteiger partial charge in [0.05, 0.1) is 7.11 Å². The molecule has 2 aromatic rings. The molecule has 0 aromatic heterocycles. The fraction of sp³-hybridized carbons (Fsp3) is 0.222. The molecule has 0 spiro atoms. The molecular weight excluding hydrogens is 297 g/mol. The zero-order valence-electron chi connectivity index (χ0n) is 13.1. The summed E-state index contributed by atoms with van der Waals surface area (Å²) in [5.74, 6) is -1.44. The van der Waals surface area contributed by atoms with Crippen molar-refractivity contribution in [2.45, 2.75) is 13.5 Å². The van der Waals surface area contributed by atoms with Gasteiger partial charge in [-0.15, -0.1) is 0 Å². The lowest BCUT2D eigenvalue weighted by Crippen LogP contribution is -2.36. The highest BCUT2D eigenvalue weighted by molar-refractivity contribution is 5.96. The second-order valence-corrected chi connectivity index (χ2v) is 5.17. The van der Waals surface area contributed by atoms with E-state index in [2.05, 4.69) is 4.74 Å². The van der Waals surface area contributed by atoms with Gasteiger partial charge in [0.15, 0.2) is 0 Å². The average Bonchev–Trinajstić information content (AvgIpc) is 2.55. The van der Waals surface area contributed by atoms with Gasteiger partial charge in [-0.1, -0.05) is 30.3 Å². The summed E-state index contributed by atoms with van der Waals surface area (Å²) in [6, 6.07) is 13.0. The molecule has 0 unspecified atom stereocenters. The van der Waals surface area contributed by atoms with Gasteiger partial charge in [-0.25, -0.2) is 4.39 Å². The van der Waals surface area contributed by atoms with Crippen LogP contribution in [0.1, 0.15) is 21.5 Å². The zero-order valence-corrected chi connectivity index (χ0v) is 13.1. The largest absolute Gasteiger partial charge is 0.468 e. The summed E-state index contributed by atoms with van der Waals surface area (Å²) in [6.07, 6.45) is 0. The van der Waals surface area contributed by atoms with E-state index in [0.717, 1.165) is 17.2 Å². The van der Waals surface area contributed by atoms with E-state index < -0.39 is 17.7 Å². The molecule has 120 valence electrons. The maximum Gasteiger partial charge on any atom is 0.325 e. The van der Waals surface area contributed by atoms with Crippen LogP contribution in [0.15, 0.2) is 48.5 Å². The molecule has 2 aromatic carbocycles. The van der Waals surface area contributed by atoms with Crippen LogP contribution in [0.4, 0.5) is 4.39 Å². The van der Waals surface area contributed by atoms with E-state index in [1.54, 1.807) is 0 Å². The van der Waals surface area contributed by atoms with E-state index in [9.17, 15) is 14.0 Å². The number of hydrogen-bond donors (Lipinski definition) is 0. The summed E-state index contributed by atoms with van der Waals surface area (Å²) < 4.78 is 18.0. The van der Waals surface area contributed by atoms with Crippen LogP contribution >= 0.6 is 0 Å². The van der Waals surface area contributed by atoms with Gasteiger partial charge in [-0.2, -0.15) is 0 Å². The third-order valence-electron chi connectivity index (χ3n) is 3.53. The van der Waals surface area contributed by atoms with Crippen LogP contribution in [0.5, 0.6) is 0 Å². The van der Waals surface area contributed by atoms with Crippen LogP contribution in [-0.2, 0) is 16.1 Å². The molecule has 0 aliphatic carbocycles. The van der Waals surface area contributed by atoms with E-state index in [-0.39, 0.29) is 18.7 Å². The summed E-state index contributed by atoms with van der Waals surface area (Å²) in [7, 11) is 1.26. The van der Waals surface area contributed by atoms with Gasteiger partial charge in [-0.05, 0) is 36.2 Å². The summed E-state index contributed by atoms with van der Waals surface area (Å²) in [6.45, 7) is 1.98. The molecular formula is C18H18FNO3. The molecule has 5 heteroatoms. The molecule has 0 fully saturated rings. The van der Waals surface area contributed by atoms with Crippen molar-refractivity contribution in [1.29, 1.82) is 0 Å². The lowest BCUT2D eigenvalue weighted by atomic mass is 10.1. The average molecular weight is 315 g/mol. The van der Waals surface area contributed by atoms with Crippen molar-refractivity contribution < 1.29 is 18.7 Å². The minimum Gasteiger partial charge on any atom is -0.468 e. The molecule has 0 saturated carbocycles. The molecule has 0 aliphatic heterocycles. The number of amides is 1. The maximum atomic E-state index is 13.3. The number of carbonyl (C=O) groups excluding carboxylic acids is 2. The van der Waals surface area contributed by atoms with Crippen LogP contribution in [0.3, 0.4) is 0 Å². The maximum absolute atomic E-state index is 13.3. The number of aryl methyl sites for hydroxylation is 1. The van der Waals surface area contributed by atoms with Crippen molar-refractivity contribution in [2.24, 2.45) is 0 Å². The van der Waals surface area contributed by atoms with E-state index in [0.29, 0.717) is 0 Å². The van der Waals surface area contributed by atoms with Crippen LogP contribution in [0.2, 0.25) is 0 Å². The number of ether oxygens (including phenoxy) is 1. The topological polar surface area (TPSA) is 46.6 Å². The Balaban J connectivity index is 2.28. The normalized spacial score (nSPS) is 10.2. The Morgan fingerprint density at radius 2 is 1.87 bits per heavy atom. The smallest absolute Gasteiger partial charge is 0.325 e. The van der Waals surface area contributed by atoms with E-state index in [4.69, 9.17) is 0 Å². The molecule has 0 bridgehead atoms. The Bertz CT molecular complexity index is 715. The van der Waals surface area contributed by atoms with Crippen molar-refractivity contribution in [3.05, 3.63) is 71.0 Å². The SMILES string of the molecule is COC(=O)CN(Cc1ccccc1C)C(=O)c1cccc(F)c1. The quantitative estimate of drug-likeness (QED) is 0.797. The highest BCUT2D eigenvalue weighted by atomic mass is 19.1. The summed E-state index contributed by atoms with van der Waals surface area (Å²) in [4.78, 5) is 25.6. The third-order valence-corrected chi connectivity index (χ3v) is 3.53. The van der Waals surface area contributed by atoms with E-state index in [1.165, 1.54) is 30.2 Å². The van der Waals surface area contributed by atoms with E-state index in [1.807, 2.05) is 31.2 Å². The summed E-state index contributed by atoms with van der Waals surface area (Å²) >= 11 is 0. The summed E-state index contributed by atoms with van der Waals surface area (Å²) in [5, 5.41) is 0. The Kier molecular flexibility index (Phi) is 5.46. The minimum absolute atomic E-state index is 0.194. The van der Waals surface area contributed by atoms with Gasteiger partial charge in [0.25, 0.3) is 5.91 Å². The molecule has 0 atom stereocenters. The number of hydrogen-bond acceptors (Lipinski definition) is 3. The first-order chi connectivity index (χ1) is 11.0. The number of esters is 1. The molecule has 2 rings (SSSR count). The standard InChI is InChI=1S/C18H18FNO3/c1-13-6-3-4-7-15(13)11-20(12-17(21)23-2)18(22)14-8-5-9-16(19)10-14/h3-10H,11-12H2,1-2H3. The lowest BCUT2D eigenvalue weighted by Gasteiger charge is -2.22. The van der Waals surface area contributed by atoms with Crippen molar-refractivity contribution in [1.82, 2.24) is 4.90 Å². The highest BCUT2D eigenvalue weighted by Crippen LogP contribution is 2.14. The van der Waals surface area contributed by atoms with E-state index >= 15 is 0 Å². The van der Waals surface area contributed by atoms with Gasteiger partial charge in [0.2, 0.25) is 0 Å². The van der Waals surface area contributed by atoms with Crippen molar-refractivity contribution in [3.8, 4) is 0 Å². The van der Waals surface area contributed by atoms with Crippen molar-refractivity contribution in [3.63, 3.8) is 0 Å². The first-order valence-electron chi connectivity index (χ1n) is 7.17. The number of carbonyl (C=O) groups is 2. The monoisotopic (exact) mass is 315 g/mol. The second kappa shape index (κ2) is 7.54. The number of halogens is 1. The van der Waals surface area contributed by atoms with Gasteiger partial charge >= 0.3 is 5.97 Å². The predicted octanol–water partition coefficient (Wildman–Crippen LogP) is 2.95. The molecule has 23 heavy (non-hydrogen) atoms. The Morgan fingerprint density at radius 1 is 1.13 bits per heavy atom. The summed E-state index contributed by atoms with van der Waals surface area (Å²) in [5.41, 5.74) is 2.12. The van der Waals surface area contributed by atoms with Crippen molar-refractivity contribution >= 4 is 11.9 Å². The third kappa shape index (κ3) is 4.39. The molecule has 0 radical (unpaired) electrons. The first kappa shape index (κ1) is 16.7. The first-order valence-corrected chi connectivity index (χ1v) is 7.17. The van der Waals surface area contributed by atoms with Gasteiger partial charge in [0.1, 0.15) is 12.4 Å². The highest BCUT2D eigenvalue weighted by Gasteiger charge is 2.20. The molecule has 1 amide bonds. The number of methoxy groups -OCH3 is 1. The minimum atomic E-state index is -0.525. The Labute approximate surface area is 134 Å². The molecule has 4 nitrogen and oxygen atoms in total. The zero-order chi connectivity index (χ0) is 16.8. The fourth-order valence-electron chi connectivity index (χ4n) is 2.22. The van der Waals surface area contributed by atoms with Crippen LogP contribution in [0.25, 0.3) is 0 Å². The van der Waals surface area contributed by atoms with Gasteiger partial charge in [0, 0.05) is 12.1 Å². The van der Waals surface area contributed by atoms with Crippen LogP contribution < -0.4 is 0 Å². The number of nitrogens with zero attached hydrogens (tertiary/aromatic N) is 1. The molecule has 0 aliphatic rings. The predicted molar refractivity (Wildman–Crippen MR) is 84.3 cm³/mol.